The highest BCUT2D eigenvalue weighted by molar-refractivity contribution is 8.00. The highest BCUT2D eigenvalue weighted by atomic mass is 32.2. The fourth-order valence-corrected chi connectivity index (χ4v) is 5.44. The maximum Gasteiger partial charge on any atom is 0.0569 e. The minimum atomic E-state index is -0.0760. The first-order valence-corrected chi connectivity index (χ1v) is 9.24. The van der Waals surface area contributed by atoms with Crippen molar-refractivity contribution in [1.82, 2.24) is 0 Å². The number of aliphatic hydroxyl groups excluding tert-OH is 1. The number of benzene rings is 1. The van der Waals surface area contributed by atoms with E-state index in [0.29, 0.717) is 16.6 Å². The van der Waals surface area contributed by atoms with Crippen molar-refractivity contribution >= 4 is 11.8 Å². The first-order chi connectivity index (χ1) is 9.93. The summed E-state index contributed by atoms with van der Waals surface area (Å²) >= 11 is 2.03. The molecule has 0 bridgehead atoms. The molecular formula is C19H28OS. The standard InChI is InChI=1S/C19H28OS/c1-19(2,3)15-8-9-17(20)14(10-15)12-16-11-13-6-4-5-7-18(13)21-16/h4-7,14-17,20H,8-12H2,1-3H3. The summed E-state index contributed by atoms with van der Waals surface area (Å²) in [4.78, 5) is 1.46. The second-order valence-electron chi connectivity index (χ2n) is 7.99. The molecule has 1 N–H and O–H groups in total. The number of thioether (sulfide) groups is 1. The third kappa shape index (κ3) is 3.48. The molecule has 21 heavy (non-hydrogen) atoms. The lowest BCUT2D eigenvalue weighted by Crippen LogP contribution is -2.36. The number of aliphatic hydroxyl groups is 1. The molecule has 116 valence electrons. The van der Waals surface area contributed by atoms with E-state index < -0.39 is 0 Å². The molecule has 1 saturated carbocycles. The smallest absolute Gasteiger partial charge is 0.0569 e. The van der Waals surface area contributed by atoms with Gasteiger partial charge in [-0.1, -0.05) is 39.0 Å². The number of hydrogen-bond acceptors (Lipinski definition) is 2. The minimum Gasteiger partial charge on any atom is -0.393 e. The van der Waals surface area contributed by atoms with Crippen molar-refractivity contribution in [2.75, 3.05) is 0 Å². The Kier molecular flexibility index (Phi) is 4.38. The first kappa shape index (κ1) is 15.4. The summed E-state index contributed by atoms with van der Waals surface area (Å²) < 4.78 is 0. The maximum atomic E-state index is 10.4. The highest BCUT2D eigenvalue weighted by Gasteiger charge is 2.37. The molecule has 1 fully saturated rings. The van der Waals surface area contributed by atoms with Gasteiger partial charge in [0.15, 0.2) is 0 Å². The molecule has 2 heteroatoms. The molecule has 1 aliphatic heterocycles. The van der Waals surface area contributed by atoms with E-state index in [0.717, 1.165) is 12.3 Å². The van der Waals surface area contributed by atoms with Gasteiger partial charge in [0.2, 0.25) is 0 Å². The van der Waals surface area contributed by atoms with Crippen molar-refractivity contribution in [2.45, 2.75) is 69.1 Å². The lowest BCUT2D eigenvalue weighted by Gasteiger charge is -2.40. The molecule has 0 saturated heterocycles. The fourth-order valence-electron chi connectivity index (χ4n) is 4.01. The van der Waals surface area contributed by atoms with Gasteiger partial charge in [-0.15, -0.1) is 11.8 Å². The first-order valence-electron chi connectivity index (χ1n) is 8.36. The van der Waals surface area contributed by atoms with Crippen LogP contribution in [0.25, 0.3) is 0 Å². The quantitative estimate of drug-likeness (QED) is 0.837. The van der Waals surface area contributed by atoms with E-state index in [2.05, 4.69) is 45.0 Å². The van der Waals surface area contributed by atoms with Crippen molar-refractivity contribution in [2.24, 2.45) is 17.3 Å². The Hall–Kier alpha value is -0.470. The van der Waals surface area contributed by atoms with Crippen LogP contribution in [0, 0.1) is 17.3 Å². The fraction of sp³-hybridized carbons (Fsp3) is 0.684. The minimum absolute atomic E-state index is 0.0760. The summed E-state index contributed by atoms with van der Waals surface area (Å²) in [5.41, 5.74) is 1.88. The Labute approximate surface area is 133 Å². The van der Waals surface area contributed by atoms with Crippen LogP contribution in [0.2, 0.25) is 0 Å². The zero-order valence-electron chi connectivity index (χ0n) is 13.5. The van der Waals surface area contributed by atoms with E-state index in [4.69, 9.17) is 0 Å². The zero-order valence-corrected chi connectivity index (χ0v) is 14.3. The van der Waals surface area contributed by atoms with Crippen molar-refractivity contribution in [1.29, 1.82) is 0 Å². The SMILES string of the molecule is CC(C)(C)C1CCC(O)C(CC2Cc3ccccc3S2)C1. The van der Waals surface area contributed by atoms with Crippen LogP contribution in [-0.4, -0.2) is 16.5 Å². The third-order valence-corrected chi connectivity index (χ3v) is 6.79. The number of fused-ring (bicyclic) bond motifs is 1. The van der Waals surface area contributed by atoms with Crippen LogP contribution < -0.4 is 0 Å². The summed E-state index contributed by atoms with van der Waals surface area (Å²) in [6.07, 6.45) is 5.68. The summed E-state index contributed by atoms with van der Waals surface area (Å²) in [6.45, 7) is 7.06. The van der Waals surface area contributed by atoms with E-state index in [9.17, 15) is 5.11 Å². The molecule has 4 atom stereocenters. The molecule has 1 aromatic carbocycles. The van der Waals surface area contributed by atoms with Crippen LogP contribution in [-0.2, 0) is 6.42 Å². The number of hydrogen-bond donors (Lipinski definition) is 1. The van der Waals surface area contributed by atoms with Crippen LogP contribution >= 0.6 is 11.8 Å². The van der Waals surface area contributed by atoms with E-state index in [1.807, 2.05) is 11.8 Å². The molecule has 1 nitrogen and oxygen atoms in total. The molecule has 1 aliphatic carbocycles. The highest BCUT2D eigenvalue weighted by Crippen LogP contribution is 2.45. The second-order valence-corrected chi connectivity index (χ2v) is 9.33. The van der Waals surface area contributed by atoms with Gasteiger partial charge in [0.1, 0.15) is 0 Å². The van der Waals surface area contributed by atoms with Crippen molar-refractivity contribution < 1.29 is 5.11 Å². The normalized spacial score (nSPS) is 33.0. The van der Waals surface area contributed by atoms with Crippen LogP contribution in [0.15, 0.2) is 29.2 Å². The Balaban J connectivity index is 1.62. The maximum absolute atomic E-state index is 10.4. The van der Waals surface area contributed by atoms with E-state index in [1.165, 1.54) is 36.1 Å². The average Bonchev–Trinajstić information content (AvgIpc) is 2.82. The zero-order chi connectivity index (χ0) is 15.0. The van der Waals surface area contributed by atoms with E-state index >= 15 is 0 Å². The molecular weight excluding hydrogens is 276 g/mol. The van der Waals surface area contributed by atoms with Gasteiger partial charge in [-0.3, -0.25) is 0 Å². The second kappa shape index (κ2) is 5.96. The molecule has 2 aliphatic rings. The molecule has 1 aromatic rings. The molecule has 0 spiro atoms. The summed E-state index contributed by atoms with van der Waals surface area (Å²) in [7, 11) is 0. The molecule has 1 heterocycles. The summed E-state index contributed by atoms with van der Waals surface area (Å²) in [5, 5.41) is 11.1. The summed E-state index contributed by atoms with van der Waals surface area (Å²) in [5.74, 6) is 1.26. The number of rotatable bonds is 2. The molecule has 0 radical (unpaired) electrons. The van der Waals surface area contributed by atoms with Crippen molar-refractivity contribution in [3.63, 3.8) is 0 Å². The topological polar surface area (TPSA) is 20.2 Å². The van der Waals surface area contributed by atoms with Gasteiger partial charge in [-0.25, -0.2) is 0 Å². The van der Waals surface area contributed by atoms with E-state index in [1.54, 1.807) is 0 Å². The molecule has 0 aromatic heterocycles. The van der Waals surface area contributed by atoms with Crippen LogP contribution in [0.3, 0.4) is 0 Å². The Morgan fingerprint density at radius 1 is 1.19 bits per heavy atom. The molecule has 3 rings (SSSR count). The van der Waals surface area contributed by atoms with Gasteiger partial charge in [0.05, 0.1) is 6.10 Å². The average molecular weight is 304 g/mol. The monoisotopic (exact) mass is 304 g/mol. The Morgan fingerprint density at radius 2 is 1.95 bits per heavy atom. The van der Waals surface area contributed by atoms with E-state index in [-0.39, 0.29) is 6.10 Å². The predicted molar refractivity (Wildman–Crippen MR) is 90.7 cm³/mol. The van der Waals surface area contributed by atoms with Gasteiger partial charge in [-0.05, 0) is 61.0 Å². The van der Waals surface area contributed by atoms with Crippen LogP contribution in [0.4, 0.5) is 0 Å². The third-order valence-electron chi connectivity index (χ3n) is 5.45. The lowest BCUT2D eigenvalue weighted by atomic mass is 9.67. The molecule has 0 amide bonds. The van der Waals surface area contributed by atoms with Gasteiger partial charge in [-0.2, -0.15) is 0 Å². The largest absolute Gasteiger partial charge is 0.393 e. The predicted octanol–water partition coefficient (Wildman–Crippen LogP) is 4.92. The summed E-state index contributed by atoms with van der Waals surface area (Å²) in [6, 6.07) is 8.79. The van der Waals surface area contributed by atoms with Gasteiger partial charge in [0.25, 0.3) is 0 Å². The Morgan fingerprint density at radius 3 is 2.67 bits per heavy atom. The lowest BCUT2D eigenvalue weighted by molar-refractivity contribution is 0.0158. The Bertz CT molecular complexity index is 466. The van der Waals surface area contributed by atoms with Crippen LogP contribution in [0.5, 0.6) is 0 Å². The van der Waals surface area contributed by atoms with Gasteiger partial charge in [0, 0.05) is 10.1 Å². The molecule has 4 unspecified atom stereocenters. The van der Waals surface area contributed by atoms with Gasteiger partial charge < -0.3 is 5.11 Å². The van der Waals surface area contributed by atoms with Crippen molar-refractivity contribution in [3.8, 4) is 0 Å². The van der Waals surface area contributed by atoms with Crippen molar-refractivity contribution in [3.05, 3.63) is 29.8 Å². The van der Waals surface area contributed by atoms with Crippen LogP contribution in [0.1, 0.15) is 52.0 Å². The van der Waals surface area contributed by atoms with Gasteiger partial charge >= 0.3 is 0 Å².